The quantitative estimate of drug-likeness (QED) is 0.757. The van der Waals surface area contributed by atoms with Gasteiger partial charge in [-0.15, -0.1) is 0 Å². The maximum atomic E-state index is 5.46. The summed E-state index contributed by atoms with van der Waals surface area (Å²) >= 11 is 1.93. The molecule has 0 radical (unpaired) electrons. The SMILES string of the molecule is NCCc1cnc2c(n1)CSCC2. The number of rotatable bonds is 2. The molecule has 0 spiro atoms. The molecule has 2 rings (SSSR count). The van der Waals surface area contributed by atoms with E-state index in [0.717, 1.165) is 24.3 Å². The van der Waals surface area contributed by atoms with Gasteiger partial charge in [0.2, 0.25) is 0 Å². The van der Waals surface area contributed by atoms with Gasteiger partial charge in [-0.2, -0.15) is 11.8 Å². The lowest BCUT2D eigenvalue weighted by Crippen LogP contribution is -2.11. The molecule has 3 nitrogen and oxygen atoms in total. The summed E-state index contributed by atoms with van der Waals surface area (Å²) in [5.41, 5.74) is 8.84. The molecule has 1 aliphatic rings. The van der Waals surface area contributed by atoms with Gasteiger partial charge in [0, 0.05) is 24.8 Å². The van der Waals surface area contributed by atoms with E-state index in [-0.39, 0.29) is 0 Å². The molecule has 0 saturated heterocycles. The third-order valence-corrected chi connectivity index (χ3v) is 3.07. The fourth-order valence-corrected chi connectivity index (χ4v) is 2.33. The summed E-state index contributed by atoms with van der Waals surface area (Å²) in [5.74, 6) is 2.19. The molecular weight excluding hydrogens is 182 g/mol. The van der Waals surface area contributed by atoms with Gasteiger partial charge in [0.05, 0.1) is 17.1 Å². The summed E-state index contributed by atoms with van der Waals surface area (Å²) in [7, 11) is 0. The molecule has 0 saturated carbocycles. The van der Waals surface area contributed by atoms with Crippen LogP contribution < -0.4 is 5.73 Å². The van der Waals surface area contributed by atoms with E-state index in [0.29, 0.717) is 6.54 Å². The van der Waals surface area contributed by atoms with Crippen molar-refractivity contribution in [3.05, 3.63) is 23.3 Å². The maximum Gasteiger partial charge on any atom is 0.0721 e. The van der Waals surface area contributed by atoms with Gasteiger partial charge >= 0.3 is 0 Å². The molecule has 1 aromatic heterocycles. The molecule has 0 bridgehead atoms. The fourth-order valence-electron chi connectivity index (χ4n) is 1.42. The largest absolute Gasteiger partial charge is 0.330 e. The summed E-state index contributed by atoms with van der Waals surface area (Å²) in [6.07, 6.45) is 3.77. The molecule has 0 aromatic carbocycles. The van der Waals surface area contributed by atoms with Crippen LogP contribution in [0.3, 0.4) is 0 Å². The fraction of sp³-hybridized carbons (Fsp3) is 0.556. The Morgan fingerprint density at radius 3 is 3.23 bits per heavy atom. The van der Waals surface area contributed by atoms with Gasteiger partial charge in [0.1, 0.15) is 0 Å². The number of nitrogens with zero attached hydrogens (tertiary/aromatic N) is 2. The zero-order valence-corrected chi connectivity index (χ0v) is 8.31. The number of fused-ring (bicyclic) bond motifs is 1. The van der Waals surface area contributed by atoms with Crippen LogP contribution in [0, 0.1) is 0 Å². The lowest BCUT2D eigenvalue weighted by molar-refractivity contribution is 0.853. The Morgan fingerprint density at radius 1 is 1.46 bits per heavy atom. The zero-order chi connectivity index (χ0) is 9.10. The molecule has 0 atom stereocenters. The molecule has 2 heterocycles. The average molecular weight is 195 g/mol. The molecule has 4 heteroatoms. The van der Waals surface area contributed by atoms with Crippen LogP contribution in [0.2, 0.25) is 0 Å². The Labute approximate surface area is 82.2 Å². The molecule has 0 fully saturated rings. The van der Waals surface area contributed by atoms with Crippen LogP contribution in [0.5, 0.6) is 0 Å². The first kappa shape index (κ1) is 8.97. The number of aromatic nitrogens is 2. The van der Waals surface area contributed by atoms with Crippen LogP contribution in [0.15, 0.2) is 6.20 Å². The first-order valence-electron chi connectivity index (χ1n) is 4.51. The summed E-state index contributed by atoms with van der Waals surface area (Å²) in [6, 6.07) is 0. The van der Waals surface area contributed by atoms with Crippen molar-refractivity contribution in [2.24, 2.45) is 5.73 Å². The van der Waals surface area contributed by atoms with Gasteiger partial charge in [-0.25, -0.2) is 0 Å². The average Bonchev–Trinajstić information content (AvgIpc) is 2.18. The number of thioether (sulfide) groups is 1. The summed E-state index contributed by atoms with van der Waals surface area (Å²) in [6.45, 7) is 0.653. The molecule has 13 heavy (non-hydrogen) atoms. The van der Waals surface area contributed by atoms with Crippen molar-refractivity contribution < 1.29 is 0 Å². The van der Waals surface area contributed by atoms with Gasteiger partial charge in [0.15, 0.2) is 0 Å². The molecule has 2 N–H and O–H groups in total. The monoisotopic (exact) mass is 195 g/mol. The zero-order valence-electron chi connectivity index (χ0n) is 7.49. The second-order valence-electron chi connectivity index (χ2n) is 3.10. The standard InChI is InChI=1S/C9H13N3S/c10-3-1-7-5-11-8-2-4-13-6-9(8)12-7/h5H,1-4,6,10H2. The minimum atomic E-state index is 0.653. The van der Waals surface area contributed by atoms with Crippen molar-refractivity contribution in [1.82, 2.24) is 9.97 Å². The van der Waals surface area contributed by atoms with E-state index in [1.807, 2.05) is 18.0 Å². The Morgan fingerprint density at radius 2 is 2.38 bits per heavy atom. The van der Waals surface area contributed by atoms with E-state index in [1.165, 1.54) is 17.1 Å². The van der Waals surface area contributed by atoms with Gasteiger partial charge in [-0.05, 0) is 12.3 Å². The normalized spacial score (nSPS) is 15.5. The second-order valence-corrected chi connectivity index (χ2v) is 4.20. The minimum Gasteiger partial charge on any atom is -0.330 e. The van der Waals surface area contributed by atoms with Crippen LogP contribution in [0.25, 0.3) is 0 Å². The smallest absolute Gasteiger partial charge is 0.0721 e. The molecule has 70 valence electrons. The highest BCUT2D eigenvalue weighted by atomic mass is 32.2. The van der Waals surface area contributed by atoms with Crippen molar-refractivity contribution >= 4 is 11.8 Å². The molecule has 0 aliphatic carbocycles. The molecular formula is C9H13N3S. The lowest BCUT2D eigenvalue weighted by atomic mass is 10.2. The minimum absolute atomic E-state index is 0.653. The number of hydrogen-bond donors (Lipinski definition) is 1. The van der Waals surface area contributed by atoms with E-state index in [4.69, 9.17) is 5.73 Å². The topological polar surface area (TPSA) is 51.8 Å². The van der Waals surface area contributed by atoms with Crippen LogP contribution in [-0.2, 0) is 18.6 Å². The van der Waals surface area contributed by atoms with Crippen LogP contribution >= 0.6 is 11.8 Å². The highest BCUT2D eigenvalue weighted by Gasteiger charge is 2.12. The molecule has 1 aliphatic heterocycles. The van der Waals surface area contributed by atoms with Crippen LogP contribution in [0.1, 0.15) is 17.1 Å². The lowest BCUT2D eigenvalue weighted by Gasteiger charge is -2.13. The Bertz CT molecular complexity index is 301. The van der Waals surface area contributed by atoms with Crippen molar-refractivity contribution in [2.45, 2.75) is 18.6 Å². The Kier molecular flexibility index (Phi) is 2.80. The second kappa shape index (κ2) is 4.07. The van der Waals surface area contributed by atoms with Crippen molar-refractivity contribution in [1.29, 1.82) is 0 Å². The van der Waals surface area contributed by atoms with E-state index < -0.39 is 0 Å². The van der Waals surface area contributed by atoms with Crippen LogP contribution in [0.4, 0.5) is 0 Å². The summed E-state index contributed by atoms with van der Waals surface area (Å²) in [5, 5.41) is 0. The van der Waals surface area contributed by atoms with Crippen LogP contribution in [-0.4, -0.2) is 22.3 Å². The summed E-state index contributed by atoms with van der Waals surface area (Å²) in [4.78, 5) is 8.95. The first-order valence-corrected chi connectivity index (χ1v) is 5.67. The van der Waals surface area contributed by atoms with Crippen molar-refractivity contribution in [3.63, 3.8) is 0 Å². The highest BCUT2D eigenvalue weighted by molar-refractivity contribution is 7.98. The van der Waals surface area contributed by atoms with E-state index in [1.54, 1.807) is 0 Å². The van der Waals surface area contributed by atoms with Gasteiger partial charge in [-0.3, -0.25) is 9.97 Å². The number of nitrogens with two attached hydrogens (primary N) is 1. The third-order valence-electron chi connectivity index (χ3n) is 2.10. The summed E-state index contributed by atoms with van der Waals surface area (Å²) < 4.78 is 0. The van der Waals surface area contributed by atoms with Crippen molar-refractivity contribution in [2.75, 3.05) is 12.3 Å². The van der Waals surface area contributed by atoms with Gasteiger partial charge < -0.3 is 5.73 Å². The molecule has 0 unspecified atom stereocenters. The molecule has 0 amide bonds. The third kappa shape index (κ3) is 2.00. The van der Waals surface area contributed by atoms with Gasteiger partial charge in [-0.1, -0.05) is 0 Å². The predicted molar refractivity (Wildman–Crippen MR) is 54.7 cm³/mol. The van der Waals surface area contributed by atoms with Gasteiger partial charge in [0.25, 0.3) is 0 Å². The predicted octanol–water partition coefficient (Wildman–Crippen LogP) is 0.767. The highest BCUT2D eigenvalue weighted by Crippen LogP contribution is 2.21. The maximum absolute atomic E-state index is 5.46. The van der Waals surface area contributed by atoms with E-state index in [9.17, 15) is 0 Å². The van der Waals surface area contributed by atoms with E-state index >= 15 is 0 Å². The Balaban J connectivity index is 2.24. The van der Waals surface area contributed by atoms with E-state index in [2.05, 4.69) is 9.97 Å². The first-order chi connectivity index (χ1) is 6.40. The number of hydrogen-bond acceptors (Lipinski definition) is 4. The molecule has 1 aromatic rings. The van der Waals surface area contributed by atoms with Crippen molar-refractivity contribution in [3.8, 4) is 0 Å². The number of aryl methyl sites for hydroxylation is 1. The Hall–Kier alpha value is -0.610.